The summed E-state index contributed by atoms with van der Waals surface area (Å²) < 4.78 is 6.41. The van der Waals surface area contributed by atoms with Crippen molar-refractivity contribution in [3.8, 4) is 5.75 Å². The lowest BCUT2D eigenvalue weighted by atomic mass is 10.2. The van der Waals surface area contributed by atoms with Gasteiger partial charge >= 0.3 is 0 Å². The molecule has 0 radical (unpaired) electrons. The number of anilines is 2. The van der Waals surface area contributed by atoms with E-state index in [9.17, 15) is 0 Å². The Hall–Kier alpha value is -2.87. The molecule has 0 spiro atoms. The predicted molar refractivity (Wildman–Crippen MR) is 144 cm³/mol. The Morgan fingerprint density at radius 3 is 1.78 bits per heavy atom. The van der Waals surface area contributed by atoms with Gasteiger partial charge in [0.2, 0.25) is 8.32 Å². The van der Waals surface area contributed by atoms with Gasteiger partial charge in [0.05, 0.1) is 0 Å². The molecule has 0 heterocycles. The van der Waals surface area contributed by atoms with Crippen LogP contribution in [-0.2, 0) is 0 Å². The zero-order valence-electron chi connectivity index (χ0n) is 19.2. The summed E-state index contributed by atoms with van der Waals surface area (Å²) in [5, 5.41) is 7.65. The van der Waals surface area contributed by atoms with Crippen LogP contribution in [0.3, 0.4) is 0 Å². The average molecular weight is 456 g/mol. The third kappa shape index (κ3) is 5.48. The molecule has 0 aromatic heterocycles. The highest BCUT2D eigenvalue weighted by atomic mass is 31.1. The van der Waals surface area contributed by atoms with E-state index in [-0.39, 0.29) is 0 Å². The van der Waals surface area contributed by atoms with Crippen LogP contribution in [0.15, 0.2) is 103 Å². The highest BCUT2D eigenvalue weighted by molar-refractivity contribution is 7.80. The largest absolute Gasteiger partial charge is 0.544 e. The number of aryl methyl sites for hydroxylation is 1. The summed E-state index contributed by atoms with van der Waals surface area (Å²) >= 11 is 0. The fourth-order valence-corrected chi connectivity index (χ4v) is 6.92. The minimum atomic E-state index is -1.73. The summed E-state index contributed by atoms with van der Waals surface area (Å²) in [6, 6.07) is 36.6. The highest BCUT2D eigenvalue weighted by Crippen LogP contribution is 2.38. The van der Waals surface area contributed by atoms with Gasteiger partial charge in [-0.25, -0.2) is 0 Å². The van der Waals surface area contributed by atoms with E-state index in [0.29, 0.717) is 0 Å². The van der Waals surface area contributed by atoms with E-state index in [4.69, 9.17) is 4.43 Å². The average Bonchev–Trinajstić information content (AvgIpc) is 2.77. The fraction of sp³-hybridized carbons (Fsp3) is 0.143. The van der Waals surface area contributed by atoms with Crippen LogP contribution in [0.4, 0.5) is 11.4 Å². The van der Waals surface area contributed by atoms with Crippen molar-refractivity contribution in [3.63, 3.8) is 0 Å². The molecule has 0 aliphatic carbocycles. The zero-order chi connectivity index (χ0) is 22.6. The molecule has 2 nitrogen and oxygen atoms in total. The maximum absolute atomic E-state index is 6.41. The first-order valence-electron chi connectivity index (χ1n) is 11.0. The molecule has 0 fully saturated rings. The summed E-state index contributed by atoms with van der Waals surface area (Å²) in [5.74, 6) is 0.953. The van der Waals surface area contributed by atoms with Gasteiger partial charge in [0.15, 0.2) is 0 Å². The van der Waals surface area contributed by atoms with Gasteiger partial charge in [-0.1, -0.05) is 78.9 Å². The van der Waals surface area contributed by atoms with E-state index in [1.54, 1.807) is 0 Å². The second-order valence-electron chi connectivity index (χ2n) is 8.84. The molecular weight excluding hydrogens is 425 g/mol. The van der Waals surface area contributed by atoms with Crippen molar-refractivity contribution in [1.82, 2.24) is 0 Å². The molecule has 0 bridgehead atoms. The van der Waals surface area contributed by atoms with Crippen LogP contribution in [0.25, 0.3) is 0 Å². The zero-order valence-corrected chi connectivity index (χ0v) is 21.1. The van der Waals surface area contributed by atoms with E-state index >= 15 is 0 Å². The molecule has 32 heavy (non-hydrogen) atoms. The number of para-hydroxylation sites is 1. The van der Waals surface area contributed by atoms with Gasteiger partial charge in [0.25, 0.3) is 0 Å². The van der Waals surface area contributed by atoms with Gasteiger partial charge < -0.3 is 9.74 Å². The van der Waals surface area contributed by atoms with Crippen molar-refractivity contribution in [3.05, 3.63) is 109 Å². The number of benzene rings is 4. The van der Waals surface area contributed by atoms with Crippen molar-refractivity contribution >= 4 is 43.5 Å². The number of nitrogens with one attached hydrogen (secondary N) is 1. The smallest absolute Gasteiger partial charge is 0.242 e. The van der Waals surface area contributed by atoms with Crippen LogP contribution in [0.2, 0.25) is 19.6 Å². The van der Waals surface area contributed by atoms with Crippen molar-refractivity contribution in [2.45, 2.75) is 26.6 Å². The number of hydrogen-bond donors (Lipinski definition) is 1. The second-order valence-corrected chi connectivity index (χ2v) is 15.5. The van der Waals surface area contributed by atoms with Gasteiger partial charge in [0, 0.05) is 16.7 Å². The topological polar surface area (TPSA) is 21.3 Å². The molecule has 0 atom stereocenters. The monoisotopic (exact) mass is 455 g/mol. The van der Waals surface area contributed by atoms with E-state index in [0.717, 1.165) is 17.1 Å². The fourth-order valence-electron chi connectivity index (χ4n) is 3.66. The lowest BCUT2D eigenvalue weighted by Crippen LogP contribution is -2.30. The summed E-state index contributed by atoms with van der Waals surface area (Å²) in [5.41, 5.74) is 3.48. The van der Waals surface area contributed by atoms with Gasteiger partial charge in [-0.2, -0.15) is 0 Å². The SMILES string of the molecule is Cc1ccccc1Nc1ccc(O[Si](C)(C)C)cc1P(c1ccccc1)c1ccccc1. The van der Waals surface area contributed by atoms with Crippen LogP contribution in [0, 0.1) is 6.92 Å². The van der Waals surface area contributed by atoms with E-state index in [1.807, 2.05) is 0 Å². The molecule has 0 aliphatic rings. The molecule has 162 valence electrons. The molecule has 0 aliphatic heterocycles. The molecule has 1 N–H and O–H groups in total. The van der Waals surface area contributed by atoms with E-state index in [1.165, 1.54) is 21.5 Å². The van der Waals surface area contributed by atoms with Crippen molar-refractivity contribution in [2.75, 3.05) is 5.32 Å². The lowest BCUT2D eigenvalue weighted by Gasteiger charge is -2.26. The first-order chi connectivity index (χ1) is 15.4. The minimum absolute atomic E-state index is 0.757. The van der Waals surface area contributed by atoms with E-state index in [2.05, 4.69) is 135 Å². The highest BCUT2D eigenvalue weighted by Gasteiger charge is 2.23. The second kappa shape index (κ2) is 9.73. The third-order valence-electron chi connectivity index (χ3n) is 5.08. The molecule has 4 aromatic carbocycles. The Labute approximate surface area is 194 Å². The Balaban J connectivity index is 1.89. The maximum Gasteiger partial charge on any atom is 0.242 e. The normalized spacial score (nSPS) is 11.4. The summed E-state index contributed by atoms with van der Waals surface area (Å²) in [6.07, 6.45) is 0. The van der Waals surface area contributed by atoms with Gasteiger partial charge in [0.1, 0.15) is 5.75 Å². The molecule has 0 saturated heterocycles. The first kappa shape index (κ1) is 22.3. The summed E-state index contributed by atoms with van der Waals surface area (Å²) in [6.45, 7) is 8.82. The van der Waals surface area contributed by atoms with Crippen molar-refractivity contribution in [1.29, 1.82) is 0 Å². The molecule has 4 aromatic rings. The van der Waals surface area contributed by atoms with Crippen LogP contribution >= 0.6 is 7.92 Å². The lowest BCUT2D eigenvalue weighted by molar-refractivity contribution is 0.558. The number of rotatable bonds is 7. The molecule has 0 saturated carbocycles. The molecule has 0 unspecified atom stereocenters. The summed E-state index contributed by atoms with van der Waals surface area (Å²) in [4.78, 5) is 0. The predicted octanol–water partition coefficient (Wildman–Crippen LogP) is 6.71. The Morgan fingerprint density at radius 1 is 0.656 bits per heavy atom. The quantitative estimate of drug-likeness (QED) is 0.247. The van der Waals surface area contributed by atoms with Gasteiger partial charge in [-0.05, 0) is 74.9 Å². The van der Waals surface area contributed by atoms with E-state index < -0.39 is 16.2 Å². The third-order valence-corrected chi connectivity index (χ3v) is 8.41. The Kier molecular flexibility index (Phi) is 6.79. The first-order valence-corrected chi connectivity index (χ1v) is 15.7. The summed E-state index contributed by atoms with van der Waals surface area (Å²) in [7, 11) is -2.49. The van der Waals surface area contributed by atoms with Crippen molar-refractivity contribution in [2.24, 2.45) is 0 Å². The van der Waals surface area contributed by atoms with Crippen LogP contribution < -0.4 is 25.7 Å². The van der Waals surface area contributed by atoms with Crippen molar-refractivity contribution < 1.29 is 4.43 Å². The van der Waals surface area contributed by atoms with Crippen LogP contribution in [-0.4, -0.2) is 8.32 Å². The minimum Gasteiger partial charge on any atom is -0.544 e. The molecule has 0 amide bonds. The molecule has 4 rings (SSSR count). The standard InChI is InChI=1S/C28H30NOPSi/c1-22-13-11-12-18-26(22)29-27-20-19-23(30-32(2,3)4)21-28(27)31(24-14-7-5-8-15-24)25-16-9-6-10-17-25/h5-21,29H,1-4H3. The Morgan fingerprint density at radius 2 is 1.22 bits per heavy atom. The van der Waals surface area contributed by atoms with Crippen LogP contribution in [0.5, 0.6) is 5.75 Å². The van der Waals surface area contributed by atoms with Gasteiger partial charge in [-0.3, -0.25) is 0 Å². The van der Waals surface area contributed by atoms with Gasteiger partial charge in [-0.15, -0.1) is 0 Å². The Bertz CT molecular complexity index is 1130. The number of hydrogen-bond acceptors (Lipinski definition) is 2. The van der Waals surface area contributed by atoms with Crippen LogP contribution in [0.1, 0.15) is 5.56 Å². The maximum atomic E-state index is 6.41. The molecular formula is C28H30NOPSi. The molecule has 4 heteroatoms.